The maximum Gasteiger partial charge on any atom is 0.187 e. The first kappa shape index (κ1) is 21.9. The standard InChI is InChI=1S/C16H30O10/c1-16(2,3)14-13(11(22)9(20)6(4-17)24-14)26-15-12(23)10(21)8(19)7(5-18)25-15/h6-15,17-23H,4-5H2,1-3H3/t6?,7?,8-,9-,10+,11+,12?,13?,14+,15-/m1/s1. The molecule has 0 amide bonds. The number of aliphatic hydroxyl groups is 7. The Bertz CT molecular complexity index is 453. The van der Waals surface area contributed by atoms with Crippen LogP contribution in [0.1, 0.15) is 20.8 Å². The van der Waals surface area contributed by atoms with Crippen molar-refractivity contribution < 1.29 is 50.0 Å². The number of ether oxygens (including phenoxy) is 3. The quantitative estimate of drug-likeness (QED) is 0.261. The highest BCUT2D eigenvalue weighted by Crippen LogP contribution is 2.36. The largest absolute Gasteiger partial charge is 0.394 e. The second-order valence-corrected chi connectivity index (χ2v) is 7.92. The van der Waals surface area contributed by atoms with E-state index in [0.29, 0.717) is 0 Å². The van der Waals surface area contributed by atoms with Gasteiger partial charge < -0.3 is 50.0 Å². The molecule has 0 spiro atoms. The summed E-state index contributed by atoms with van der Waals surface area (Å²) in [6.07, 6.45) is -13.3. The monoisotopic (exact) mass is 382 g/mol. The van der Waals surface area contributed by atoms with Crippen LogP contribution in [0.3, 0.4) is 0 Å². The van der Waals surface area contributed by atoms with E-state index >= 15 is 0 Å². The van der Waals surface area contributed by atoms with Gasteiger partial charge in [-0.25, -0.2) is 0 Å². The van der Waals surface area contributed by atoms with Gasteiger partial charge in [0.1, 0.15) is 48.8 Å². The van der Waals surface area contributed by atoms with Crippen molar-refractivity contribution >= 4 is 0 Å². The fourth-order valence-electron chi connectivity index (χ4n) is 3.27. The van der Waals surface area contributed by atoms with Crippen molar-refractivity contribution in [3.63, 3.8) is 0 Å². The lowest BCUT2D eigenvalue weighted by atomic mass is 9.80. The predicted octanol–water partition coefficient (Wildman–Crippen LogP) is -3.30. The first-order valence-electron chi connectivity index (χ1n) is 8.61. The van der Waals surface area contributed by atoms with Gasteiger partial charge in [-0.3, -0.25) is 0 Å². The molecule has 2 saturated heterocycles. The van der Waals surface area contributed by atoms with Crippen molar-refractivity contribution in [1.82, 2.24) is 0 Å². The smallest absolute Gasteiger partial charge is 0.187 e. The van der Waals surface area contributed by atoms with Crippen molar-refractivity contribution in [2.24, 2.45) is 5.41 Å². The third kappa shape index (κ3) is 4.20. The average Bonchev–Trinajstić information content (AvgIpc) is 2.58. The highest BCUT2D eigenvalue weighted by atomic mass is 16.7. The van der Waals surface area contributed by atoms with Crippen LogP contribution in [0.15, 0.2) is 0 Å². The van der Waals surface area contributed by atoms with Crippen molar-refractivity contribution in [3.8, 4) is 0 Å². The van der Waals surface area contributed by atoms with Crippen molar-refractivity contribution in [1.29, 1.82) is 0 Å². The Morgan fingerprint density at radius 1 is 0.731 bits per heavy atom. The summed E-state index contributed by atoms with van der Waals surface area (Å²) in [6, 6.07) is 0. The molecule has 2 fully saturated rings. The van der Waals surface area contributed by atoms with Gasteiger partial charge >= 0.3 is 0 Å². The zero-order chi connectivity index (χ0) is 19.8. The topological polar surface area (TPSA) is 169 Å². The van der Waals surface area contributed by atoms with Crippen LogP contribution in [0.4, 0.5) is 0 Å². The normalized spacial score (nSPS) is 47.8. The molecule has 154 valence electrons. The van der Waals surface area contributed by atoms with E-state index in [1.807, 2.05) is 0 Å². The van der Waals surface area contributed by atoms with E-state index in [9.17, 15) is 35.7 Å². The van der Waals surface area contributed by atoms with Crippen molar-refractivity contribution in [2.75, 3.05) is 13.2 Å². The Balaban J connectivity index is 2.23. The van der Waals surface area contributed by atoms with Gasteiger partial charge in [-0.15, -0.1) is 0 Å². The van der Waals surface area contributed by atoms with Crippen LogP contribution in [-0.4, -0.2) is 110 Å². The Labute approximate surface area is 151 Å². The molecule has 2 rings (SSSR count). The van der Waals surface area contributed by atoms with Crippen LogP contribution in [0.25, 0.3) is 0 Å². The van der Waals surface area contributed by atoms with Gasteiger partial charge in [0.15, 0.2) is 6.29 Å². The molecule has 10 nitrogen and oxygen atoms in total. The van der Waals surface area contributed by atoms with Gasteiger partial charge in [-0.2, -0.15) is 0 Å². The lowest BCUT2D eigenvalue weighted by Gasteiger charge is -2.49. The fraction of sp³-hybridized carbons (Fsp3) is 1.00. The molecule has 10 heteroatoms. The molecule has 2 aliphatic heterocycles. The third-order valence-electron chi connectivity index (χ3n) is 4.86. The van der Waals surface area contributed by atoms with Crippen LogP contribution in [0.2, 0.25) is 0 Å². The van der Waals surface area contributed by atoms with E-state index < -0.39 is 79.9 Å². The Morgan fingerprint density at radius 3 is 1.73 bits per heavy atom. The minimum atomic E-state index is -1.65. The fourth-order valence-corrected chi connectivity index (χ4v) is 3.27. The number of aliphatic hydroxyl groups excluding tert-OH is 7. The molecule has 0 aromatic heterocycles. The molecule has 26 heavy (non-hydrogen) atoms. The lowest BCUT2D eigenvalue weighted by Crippen LogP contribution is -2.66. The molecule has 0 bridgehead atoms. The first-order chi connectivity index (χ1) is 12.0. The van der Waals surface area contributed by atoms with Crippen molar-refractivity contribution in [2.45, 2.75) is 82.0 Å². The molecule has 7 N–H and O–H groups in total. The molecule has 0 saturated carbocycles. The number of hydrogen-bond donors (Lipinski definition) is 7. The van der Waals surface area contributed by atoms with Gasteiger partial charge in [-0.1, -0.05) is 20.8 Å². The summed E-state index contributed by atoms with van der Waals surface area (Å²) in [7, 11) is 0. The molecular weight excluding hydrogens is 352 g/mol. The van der Waals surface area contributed by atoms with Gasteiger partial charge in [-0.05, 0) is 5.41 Å². The van der Waals surface area contributed by atoms with E-state index in [1.165, 1.54) is 0 Å². The van der Waals surface area contributed by atoms with Crippen LogP contribution >= 0.6 is 0 Å². The zero-order valence-electron chi connectivity index (χ0n) is 15.0. The summed E-state index contributed by atoms with van der Waals surface area (Å²) < 4.78 is 16.6. The van der Waals surface area contributed by atoms with Crippen LogP contribution in [-0.2, 0) is 14.2 Å². The maximum atomic E-state index is 10.5. The predicted molar refractivity (Wildman–Crippen MR) is 85.9 cm³/mol. The average molecular weight is 382 g/mol. The van der Waals surface area contributed by atoms with Gasteiger partial charge in [0.2, 0.25) is 0 Å². The molecule has 0 radical (unpaired) electrons. The lowest BCUT2D eigenvalue weighted by molar-refractivity contribution is -0.347. The van der Waals surface area contributed by atoms with Crippen LogP contribution in [0, 0.1) is 5.41 Å². The van der Waals surface area contributed by atoms with E-state index in [1.54, 1.807) is 20.8 Å². The van der Waals surface area contributed by atoms with Gasteiger partial charge in [0.05, 0.1) is 19.3 Å². The summed E-state index contributed by atoms with van der Waals surface area (Å²) in [6.45, 7) is 4.30. The Hall–Kier alpha value is -0.400. The maximum absolute atomic E-state index is 10.5. The molecular formula is C16H30O10. The molecule has 10 atom stereocenters. The van der Waals surface area contributed by atoms with Crippen molar-refractivity contribution in [3.05, 3.63) is 0 Å². The van der Waals surface area contributed by atoms with Crippen LogP contribution in [0.5, 0.6) is 0 Å². The summed E-state index contributed by atoms with van der Waals surface area (Å²) in [4.78, 5) is 0. The molecule has 0 aliphatic carbocycles. The summed E-state index contributed by atoms with van der Waals surface area (Å²) in [5, 5.41) is 69.0. The molecule has 0 aromatic carbocycles. The minimum Gasteiger partial charge on any atom is -0.394 e. The highest BCUT2D eigenvalue weighted by Gasteiger charge is 2.52. The Kier molecular flexibility index (Phi) is 7.00. The summed E-state index contributed by atoms with van der Waals surface area (Å²) >= 11 is 0. The summed E-state index contributed by atoms with van der Waals surface area (Å²) in [5.74, 6) is 0. The van der Waals surface area contributed by atoms with E-state index in [4.69, 9.17) is 14.2 Å². The Morgan fingerprint density at radius 2 is 1.23 bits per heavy atom. The highest BCUT2D eigenvalue weighted by molar-refractivity contribution is 4.98. The second-order valence-electron chi connectivity index (χ2n) is 7.92. The van der Waals surface area contributed by atoms with Gasteiger partial charge in [0, 0.05) is 0 Å². The molecule has 4 unspecified atom stereocenters. The minimum absolute atomic E-state index is 0.502. The second kappa shape index (κ2) is 8.31. The third-order valence-corrected chi connectivity index (χ3v) is 4.86. The molecule has 0 aromatic rings. The molecule has 2 heterocycles. The SMILES string of the molecule is CC(C)(C)[C@H]1OC(CO)[C@@H](O)[C@H](O)C1O[C@H]1OC(CO)[C@@H](O)[C@H](O)C1O. The van der Waals surface area contributed by atoms with Crippen LogP contribution < -0.4 is 0 Å². The van der Waals surface area contributed by atoms with E-state index in [2.05, 4.69) is 0 Å². The number of hydrogen-bond acceptors (Lipinski definition) is 10. The van der Waals surface area contributed by atoms with Gasteiger partial charge in [0.25, 0.3) is 0 Å². The van der Waals surface area contributed by atoms with E-state index in [-0.39, 0.29) is 0 Å². The number of rotatable bonds is 4. The summed E-state index contributed by atoms with van der Waals surface area (Å²) in [5.41, 5.74) is -0.576. The van der Waals surface area contributed by atoms with E-state index in [0.717, 1.165) is 0 Å². The molecule has 2 aliphatic rings. The first-order valence-corrected chi connectivity index (χ1v) is 8.61. The zero-order valence-corrected chi connectivity index (χ0v) is 15.0.